The highest BCUT2D eigenvalue weighted by atomic mass is 16.5. The molecule has 0 aliphatic rings. The fourth-order valence-corrected chi connectivity index (χ4v) is 2.86. The van der Waals surface area contributed by atoms with E-state index in [1.807, 2.05) is 6.92 Å². The number of rotatable bonds is 5. The molecule has 0 aliphatic heterocycles. The molecule has 0 unspecified atom stereocenters. The van der Waals surface area contributed by atoms with Gasteiger partial charge in [0.25, 0.3) is 0 Å². The minimum absolute atomic E-state index is 0.376. The van der Waals surface area contributed by atoms with Gasteiger partial charge in [0.05, 0.1) is 12.6 Å². The third-order valence-electron chi connectivity index (χ3n) is 4.19. The quantitative estimate of drug-likeness (QED) is 0.737. The summed E-state index contributed by atoms with van der Waals surface area (Å²) in [6, 6.07) is 3.12. The number of aromatic amines is 1. The van der Waals surface area contributed by atoms with Gasteiger partial charge in [0.2, 0.25) is 0 Å². The SMILES string of the molecule is CCc1[nH]c2c(CNC(=O)N[C@@H](C)C(=O)OC)cc(C)cc2c1C. The van der Waals surface area contributed by atoms with E-state index in [9.17, 15) is 9.59 Å². The number of hydrogen-bond acceptors (Lipinski definition) is 3. The van der Waals surface area contributed by atoms with E-state index in [0.717, 1.165) is 23.1 Å². The van der Waals surface area contributed by atoms with Crippen molar-refractivity contribution in [3.63, 3.8) is 0 Å². The van der Waals surface area contributed by atoms with E-state index < -0.39 is 18.0 Å². The Hall–Kier alpha value is -2.50. The van der Waals surface area contributed by atoms with Crippen molar-refractivity contribution in [1.82, 2.24) is 15.6 Å². The van der Waals surface area contributed by atoms with Crippen LogP contribution < -0.4 is 10.6 Å². The summed E-state index contributed by atoms with van der Waals surface area (Å²) in [6.45, 7) is 8.22. The molecule has 0 saturated carbocycles. The Labute approximate surface area is 142 Å². The lowest BCUT2D eigenvalue weighted by Crippen LogP contribution is -2.44. The Bertz CT molecular complexity index is 764. The summed E-state index contributed by atoms with van der Waals surface area (Å²) >= 11 is 0. The maximum Gasteiger partial charge on any atom is 0.328 e. The van der Waals surface area contributed by atoms with E-state index in [0.29, 0.717) is 6.54 Å². The lowest BCUT2D eigenvalue weighted by atomic mass is 10.0. The fourth-order valence-electron chi connectivity index (χ4n) is 2.86. The third-order valence-corrected chi connectivity index (χ3v) is 4.19. The maximum atomic E-state index is 12.0. The van der Waals surface area contributed by atoms with Crippen LogP contribution in [-0.2, 0) is 22.5 Å². The van der Waals surface area contributed by atoms with Crippen LogP contribution in [0.2, 0.25) is 0 Å². The van der Waals surface area contributed by atoms with Gasteiger partial charge in [-0.3, -0.25) is 0 Å². The van der Waals surface area contributed by atoms with E-state index in [1.165, 1.54) is 23.8 Å². The van der Waals surface area contributed by atoms with Crippen LogP contribution in [0.4, 0.5) is 4.79 Å². The molecule has 1 atom stereocenters. The minimum atomic E-state index is -0.688. The summed E-state index contributed by atoms with van der Waals surface area (Å²) in [6.07, 6.45) is 0.934. The first kappa shape index (κ1) is 17.8. The fraction of sp³-hybridized carbons (Fsp3) is 0.444. The lowest BCUT2D eigenvalue weighted by Gasteiger charge is -2.13. The van der Waals surface area contributed by atoms with E-state index in [2.05, 4.69) is 46.3 Å². The van der Waals surface area contributed by atoms with Crippen molar-refractivity contribution in [1.29, 1.82) is 0 Å². The Morgan fingerprint density at radius 2 is 2.00 bits per heavy atom. The lowest BCUT2D eigenvalue weighted by molar-refractivity contribution is -0.142. The molecular formula is C18H25N3O3. The summed E-state index contributed by atoms with van der Waals surface area (Å²) in [5.74, 6) is -0.476. The summed E-state index contributed by atoms with van der Waals surface area (Å²) in [5, 5.41) is 6.54. The van der Waals surface area contributed by atoms with Crippen molar-refractivity contribution < 1.29 is 14.3 Å². The number of ether oxygens (including phenoxy) is 1. The first-order valence-corrected chi connectivity index (χ1v) is 8.10. The molecule has 0 saturated heterocycles. The van der Waals surface area contributed by atoms with Crippen LogP contribution in [0.25, 0.3) is 10.9 Å². The number of esters is 1. The van der Waals surface area contributed by atoms with Gasteiger partial charge >= 0.3 is 12.0 Å². The van der Waals surface area contributed by atoms with Gasteiger partial charge < -0.3 is 20.4 Å². The van der Waals surface area contributed by atoms with Crippen LogP contribution in [0.1, 0.15) is 36.2 Å². The number of carbonyl (C=O) groups is 2. The van der Waals surface area contributed by atoms with Crippen LogP contribution in [0.3, 0.4) is 0 Å². The third kappa shape index (κ3) is 3.69. The highest BCUT2D eigenvalue weighted by molar-refractivity contribution is 5.88. The van der Waals surface area contributed by atoms with Crippen LogP contribution in [0, 0.1) is 13.8 Å². The summed E-state index contributed by atoms with van der Waals surface area (Å²) in [5.41, 5.74) is 5.68. The van der Waals surface area contributed by atoms with Crippen molar-refractivity contribution in [3.8, 4) is 0 Å². The van der Waals surface area contributed by atoms with Gasteiger partial charge in [-0.1, -0.05) is 18.6 Å². The molecular weight excluding hydrogens is 306 g/mol. The van der Waals surface area contributed by atoms with E-state index in [1.54, 1.807) is 6.92 Å². The number of aromatic nitrogens is 1. The van der Waals surface area contributed by atoms with E-state index in [4.69, 9.17) is 0 Å². The zero-order valence-corrected chi connectivity index (χ0v) is 14.9. The molecule has 1 aromatic carbocycles. The number of aryl methyl sites for hydroxylation is 3. The molecule has 0 radical (unpaired) electrons. The standard InChI is InChI=1S/C18H25N3O3/c1-6-15-11(3)14-8-10(2)7-13(16(14)21-15)9-19-18(23)20-12(4)17(22)24-5/h7-8,12,21H,6,9H2,1-5H3,(H2,19,20,23)/t12-/m0/s1. The summed E-state index contributed by atoms with van der Waals surface area (Å²) < 4.78 is 4.59. The van der Waals surface area contributed by atoms with E-state index in [-0.39, 0.29) is 0 Å². The monoisotopic (exact) mass is 331 g/mol. The van der Waals surface area contributed by atoms with Gasteiger partial charge in [-0.05, 0) is 44.4 Å². The molecule has 2 rings (SSSR count). The molecule has 24 heavy (non-hydrogen) atoms. The highest BCUT2D eigenvalue weighted by Crippen LogP contribution is 2.26. The number of nitrogens with one attached hydrogen (secondary N) is 3. The van der Waals surface area contributed by atoms with Crippen LogP contribution in [0.15, 0.2) is 12.1 Å². The van der Waals surface area contributed by atoms with Crippen LogP contribution in [-0.4, -0.2) is 30.1 Å². The minimum Gasteiger partial charge on any atom is -0.467 e. The van der Waals surface area contributed by atoms with Gasteiger partial charge in [-0.15, -0.1) is 0 Å². The average Bonchev–Trinajstić information content (AvgIpc) is 2.88. The largest absolute Gasteiger partial charge is 0.467 e. The normalized spacial score (nSPS) is 12.0. The predicted octanol–water partition coefficient (Wildman–Crippen LogP) is 2.71. The smallest absolute Gasteiger partial charge is 0.328 e. The van der Waals surface area contributed by atoms with E-state index >= 15 is 0 Å². The number of amides is 2. The summed E-state index contributed by atoms with van der Waals surface area (Å²) in [4.78, 5) is 26.8. The van der Waals surface area contributed by atoms with Crippen LogP contribution in [0.5, 0.6) is 0 Å². The predicted molar refractivity (Wildman–Crippen MR) is 94.0 cm³/mol. The zero-order valence-electron chi connectivity index (χ0n) is 14.9. The number of carbonyl (C=O) groups excluding carboxylic acids is 2. The molecule has 0 fully saturated rings. The molecule has 6 nitrogen and oxygen atoms in total. The highest BCUT2D eigenvalue weighted by Gasteiger charge is 2.16. The molecule has 3 N–H and O–H groups in total. The van der Waals surface area contributed by atoms with Crippen molar-refractivity contribution in [2.45, 2.75) is 46.7 Å². The summed E-state index contributed by atoms with van der Waals surface area (Å²) in [7, 11) is 1.29. The number of methoxy groups -OCH3 is 1. The van der Waals surface area contributed by atoms with Gasteiger partial charge in [-0.2, -0.15) is 0 Å². The first-order chi connectivity index (χ1) is 11.4. The Balaban J connectivity index is 2.15. The van der Waals surface area contributed by atoms with Crippen molar-refractivity contribution in [3.05, 3.63) is 34.5 Å². The van der Waals surface area contributed by atoms with Gasteiger partial charge in [0, 0.05) is 17.6 Å². The topological polar surface area (TPSA) is 83.2 Å². The average molecular weight is 331 g/mol. The second-order valence-corrected chi connectivity index (χ2v) is 6.00. The molecule has 0 bridgehead atoms. The second-order valence-electron chi connectivity index (χ2n) is 6.00. The number of hydrogen-bond donors (Lipinski definition) is 3. The number of fused-ring (bicyclic) bond motifs is 1. The molecule has 2 aromatic rings. The molecule has 0 aliphatic carbocycles. The Morgan fingerprint density at radius 1 is 1.29 bits per heavy atom. The maximum absolute atomic E-state index is 12.0. The number of benzene rings is 1. The Morgan fingerprint density at radius 3 is 2.62 bits per heavy atom. The molecule has 6 heteroatoms. The molecule has 1 heterocycles. The number of H-pyrrole nitrogens is 1. The molecule has 1 aromatic heterocycles. The van der Waals surface area contributed by atoms with Crippen molar-refractivity contribution in [2.24, 2.45) is 0 Å². The van der Waals surface area contributed by atoms with Gasteiger partial charge in [0.1, 0.15) is 6.04 Å². The van der Waals surface area contributed by atoms with Crippen molar-refractivity contribution in [2.75, 3.05) is 7.11 Å². The molecule has 2 amide bonds. The molecule has 0 spiro atoms. The van der Waals surface area contributed by atoms with Gasteiger partial charge in [0.15, 0.2) is 0 Å². The molecule has 130 valence electrons. The second kappa shape index (κ2) is 7.38. The zero-order chi connectivity index (χ0) is 17.9. The van der Waals surface area contributed by atoms with Gasteiger partial charge in [-0.25, -0.2) is 9.59 Å². The Kier molecular flexibility index (Phi) is 5.49. The number of urea groups is 1. The van der Waals surface area contributed by atoms with Crippen molar-refractivity contribution >= 4 is 22.9 Å². The first-order valence-electron chi connectivity index (χ1n) is 8.10. The van der Waals surface area contributed by atoms with Crippen LogP contribution >= 0.6 is 0 Å².